The lowest BCUT2D eigenvalue weighted by Crippen LogP contribution is -2.48. The lowest BCUT2D eigenvalue weighted by atomic mass is 9.78. The van der Waals surface area contributed by atoms with E-state index in [0.717, 1.165) is 62.9 Å². The predicted molar refractivity (Wildman–Crippen MR) is 112 cm³/mol. The van der Waals surface area contributed by atoms with Crippen molar-refractivity contribution in [2.45, 2.75) is 64.2 Å². The minimum absolute atomic E-state index is 0.0767. The van der Waals surface area contributed by atoms with Gasteiger partial charge < -0.3 is 19.1 Å². The van der Waals surface area contributed by atoms with E-state index in [2.05, 4.69) is 22.9 Å². The number of pyridine rings is 1. The normalized spacial score (nSPS) is 35.9. The molecule has 0 spiro atoms. The van der Waals surface area contributed by atoms with E-state index >= 15 is 0 Å². The zero-order valence-electron chi connectivity index (χ0n) is 18.3. The molecule has 0 aromatic carbocycles. The summed E-state index contributed by atoms with van der Waals surface area (Å²) in [6.45, 7) is 5.76. The van der Waals surface area contributed by atoms with E-state index in [1.165, 1.54) is 5.56 Å². The van der Waals surface area contributed by atoms with Gasteiger partial charge >= 0.3 is 0 Å². The summed E-state index contributed by atoms with van der Waals surface area (Å²) in [7, 11) is 1.79. The number of hydrogen-bond acceptors (Lipinski definition) is 5. The number of ether oxygens (including phenoxy) is 3. The fourth-order valence-electron chi connectivity index (χ4n) is 6.39. The summed E-state index contributed by atoms with van der Waals surface area (Å²) in [6.07, 6.45) is 8.03. The number of carbonyl (C=O) groups excluding carboxylic acids is 1. The summed E-state index contributed by atoms with van der Waals surface area (Å²) in [6, 6.07) is 2.19. The van der Waals surface area contributed by atoms with Gasteiger partial charge in [-0.1, -0.05) is 6.07 Å². The zero-order valence-corrected chi connectivity index (χ0v) is 18.3. The van der Waals surface area contributed by atoms with Gasteiger partial charge in [0.2, 0.25) is 5.91 Å². The fourth-order valence-corrected chi connectivity index (χ4v) is 6.39. The Balaban J connectivity index is 1.30. The summed E-state index contributed by atoms with van der Waals surface area (Å²) >= 11 is 0. The smallest absolute Gasteiger partial charge is 0.231 e. The second-order valence-electron chi connectivity index (χ2n) is 9.80. The van der Waals surface area contributed by atoms with E-state index in [9.17, 15) is 4.79 Å². The molecule has 1 aromatic heterocycles. The Labute approximate surface area is 179 Å². The van der Waals surface area contributed by atoms with Gasteiger partial charge in [-0.2, -0.15) is 0 Å². The number of aryl methyl sites for hydroxylation is 1. The van der Waals surface area contributed by atoms with Crippen molar-refractivity contribution in [3.8, 4) is 0 Å². The highest BCUT2D eigenvalue weighted by atomic mass is 16.5. The molecule has 5 atom stereocenters. The van der Waals surface area contributed by atoms with Gasteiger partial charge in [-0.25, -0.2) is 0 Å². The number of carbonyl (C=O) groups is 1. The van der Waals surface area contributed by atoms with Gasteiger partial charge in [0.25, 0.3) is 0 Å². The van der Waals surface area contributed by atoms with Crippen molar-refractivity contribution in [2.75, 3.05) is 33.5 Å². The molecule has 164 valence electrons. The first-order valence-corrected chi connectivity index (χ1v) is 11.5. The second kappa shape index (κ2) is 8.21. The van der Waals surface area contributed by atoms with E-state index < -0.39 is 0 Å². The Morgan fingerprint density at radius 1 is 1.40 bits per heavy atom. The fraction of sp³-hybridized carbons (Fsp3) is 0.750. The van der Waals surface area contributed by atoms with Gasteiger partial charge in [0.1, 0.15) is 0 Å². The number of hydrogen-bond donors (Lipinski definition) is 0. The Morgan fingerprint density at radius 2 is 2.30 bits per heavy atom. The Bertz CT molecular complexity index is 799. The van der Waals surface area contributed by atoms with Gasteiger partial charge in [-0.05, 0) is 62.0 Å². The molecule has 4 aliphatic rings. The van der Waals surface area contributed by atoms with Crippen LogP contribution in [0.5, 0.6) is 0 Å². The molecule has 6 heteroatoms. The summed E-state index contributed by atoms with van der Waals surface area (Å²) < 4.78 is 17.4. The number of fused-ring (bicyclic) bond motifs is 2. The van der Waals surface area contributed by atoms with Gasteiger partial charge in [0.15, 0.2) is 0 Å². The molecule has 0 bridgehead atoms. The highest BCUT2D eigenvalue weighted by Gasteiger charge is 2.57. The van der Waals surface area contributed by atoms with Crippen LogP contribution in [0.25, 0.3) is 0 Å². The van der Waals surface area contributed by atoms with Gasteiger partial charge in [0.05, 0.1) is 24.2 Å². The van der Waals surface area contributed by atoms with Crippen molar-refractivity contribution in [1.29, 1.82) is 0 Å². The third-order valence-electron chi connectivity index (χ3n) is 7.95. The number of amides is 1. The van der Waals surface area contributed by atoms with Crippen LogP contribution >= 0.6 is 0 Å². The minimum Gasteiger partial charge on any atom is -0.379 e. The van der Waals surface area contributed by atoms with Crippen LogP contribution in [-0.4, -0.2) is 61.5 Å². The molecule has 3 fully saturated rings. The lowest BCUT2D eigenvalue weighted by molar-refractivity contribution is -0.145. The maximum absolute atomic E-state index is 13.8. The molecule has 0 unspecified atom stereocenters. The average molecular weight is 415 g/mol. The number of methoxy groups -OCH3 is 1. The van der Waals surface area contributed by atoms with E-state index in [4.69, 9.17) is 14.2 Å². The van der Waals surface area contributed by atoms with Crippen molar-refractivity contribution in [3.63, 3.8) is 0 Å². The van der Waals surface area contributed by atoms with Crippen LogP contribution in [0.1, 0.15) is 48.9 Å². The largest absolute Gasteiger partial charge is 0.379 e. The van der Waals surface area contributed by atoms with Crippen LogP contribution in [0.3, 0.4) is 0 Å². The maximum atomic E-state index is 13.8. The minimum atomic E-state index is -0.326. The van der Waals surface area contributed by atoms with Crippen LogP contribution in [0.15, 0.2) is 12.3 Å². The van der Waals surface area contributed by atoms with Gasteiger partial charge in [-0.3, -0.25) is 9.78 Å². The molecule has 0 radical (unpaired) electrons. The van der Waals surface area contributed by atoms with Crippen molar-refractivity contribution in [1.82, 2.24) is 9.88 Å². The first-order valence-electron chi connectivity index (χ1n) is 11.5. The van der Waals surface area contributed by atoms with Crippen molar-refractivity contribution < 1.29 is 19.0 Å². The first kappa shape index (κ1) is 20.4. The number of aromatic nitrogens is 1. The Morgan fingerprint density at radius 3 is 3.17 bits per heavy atom. The van der Waals surface area contributed by atoms with E-state index in [1.54, 1.807) is 7.11 Å². The molecular weight excluding hydrogens is 380 g/mol. The number of nitrogens with zero attached hydrogens (tertiary/aromatic N) is 2. The van der Waals surface area contributed by atoms with E-state index in [-0.39, 0.29) is 17.6 Å². The summed E-state index contributed by atoms with van der Waals surface area (Å²) in [5.41, 5.74) is 3.19. The summed E-state index contributed by atoms with van der Waals surface area (Å²) in [5, 5.41) is 0. The quantitative estimate of drug-likeness (QED) is 0.758. The molecule has 4 heterocycles. The van der Waals surface area contributed by atoms with Crippen LogP contribution in [0, 0.1) is 24.2 Å². The van der Waals surface area contributed by atoms with Crippen LogP contribution in [0.4, 0.5) is 0 Å². The topological polar surface area (TPSA) is 60.9 Å². The van der Waals surface area contributed by atoms with Crippen LogP contribution in [0.2, 0.25) is 0 Å². The highest BCUT2D eigenvalue weighted by molar-refractivity contribution is 5.84. The summed E-state index contributed by atoms with van der Waals surface area (Å²) in [5.74, 6) is 1.37. The second-order valence-corrected chi connectivity index (χ2v) is 9.80. The van der Waals surface area contributed by atoms with Crippen molar-refractivity contribution >= 4 is 5.91 Å². The van der Waals surface area contributed by atoms with E-state index in [1.807, 2.05) is 6.20 Å². The molecule has 30 heavy (non-hydrogen) atoms. The molecule has 1 amide bonds. The molecular formula is C24H34N2O4. The van der Waals surface area contributed by atoms with Crippen molar-refractivity contribution in [3.05, 3.63) is 29.1 Å². The predicted octanol–water partition coefficient (Wildman–Crippen LogP) is 2.90. The molecule has 6 nitrogen and oxygen atoms in total. The molecule has 1 aliphatic carbocycles. The average Bonchev–Trinajstić information content (AvgIpc) is 3.31. The molecule has 5 rings (SSSR count). The first-order chi connectivity index (χ1) is 14.6. The lowest BCUT2D eigenvalue weighted by Gasteiger charge is -2.37. The summed E-state index contributed by atoms with van der Waals surface area (Å²) in [4.78, 5) is 20.5. The Hall–Kier alpha value is -1.50. The van der Waals surface area contributed by atoms with Crippen LogP contribution < -0.4 is 0 Å². The SMILES string of the molecule is CO[C@H]1COCC[C@H]1C[C@@H]1C[C@H]2OCC[C@@]2(C(=O)N2CCc3ncc(C)cc3C2)C1. The molecule has 3 aliphatic heterocycles. The van der Waals surface area contributed by atoms with Gasteiger partial charge in [0, 0.05) is 51.7 Å². The van der Waals surface area contributed by atoms with E-state index in [0.29, 0.717) is 37.5 Å². The maximum Gasteiger partial charge on any atom is 0.231 e. The highest BCUT2D eigenvalue weighted by Crippen LogP contribution is 2.53. The standard InChI is InChI=1S/C24H34N2O4/c1-16-9-19-14-26(6-3-20(19)25-13-16)23(27)24-5-8-30-22(24)11-17(12-24)10-18-4-7-29-15-21(18)28-2/h9,13,17-18,21-22H,3-8,10-12,14-15H2,1-2H3/t17-,18+,21+,22-,24-/m1/s1. The third kappa shape index (κ3) is 3.57. The molecule has 1 saturated carbocycles. The molecule has 1 aromatic rings. The van der Waals surface area contributed by atoms with Gasteiger partial charge in [-0.15, -0.1) is 0 Å². The van der Waals surface area contributed by atoms with Crippen molar-refractivity contribution in [2.24, 2.45) is 17.3 Å². The Kier molecular flexibility index (Phi) is 5.58. The monoisotopic (exact) mass is 414 g/mol. The third-order valence-corrected chi connectivity index (χ3v) is 7.95. The van der Waals surface area contributed by atoms with Crippen LogP contribution in [-0.2, 0) is 32.0 Å². The number of rotatable bonds is 4. The molecule has 2 saturated heterocycles. The molecule has 0 N–H and O–H groups in total. The zero-order chi connectivity index (χ0) is 20.7.